The van der Waals surface area contributed by atoms with Gasteiger partial charge in [-0.15, -0.1) is 0 Å². The SMILES string of the molecule is COc1c(N)ccc2[nH]c(N)nc12. The fourth-order valence-electron chi connectivity index (χ4n) is 1.30. The van der Waals surface area contributed by atoms with E-state index in [1.165, 1.54) is 0 Å². The molecule has 0 atom stereocenters. The average Bonchev–Trinajstić information content (AvgIpc) is 2.45. The topological polar surface area (TPSA) is 90.0 Å². The molecule has 1 heterocycles. The number of imidazole rings is 1. The largest absolute Gasteiger partial charge is 0.492 e. The van der Waals surface area contributed by atoms with Gasteiger partial charge in [0.05, 0.1) is 18.3 Å². The van der Waals surface area contributed by atoms with Gasteiger partial charge in [-0.1, -0.05) is 0 Å². The zero-order chi connectivity index (χ0) is 9.42. The predicted molar refractivity (Wildman–Crippen MR) is 51.5 cm³/mol. The molecule has 0 fully saturated rings. The highest BCUT2D eigenvalue weighted by atomic mass is 16.5. The smallest absolute Gasteiger partial charge is 0.198 e. The summed E-state index contributed by atoms with van der Waals surface area (Å²) in [6, 6.07) is 3.56. The molecular weight excluding hydrogens is 168 g/mol. The number of aromatic amines is 1. The number of H-pyrrole nitrogens is 1. The van der Waals surface area contributed by atoms with Crippen LogP contribution in [0.5, 0.6) is 5.75 Å². The van der Waals surface area contributed by atoms with Gasteiger partial charge in [0, 0.05) is 0 Å². The van der Waals surface area contributed by atoms with Gasteiger partial charge >= 0.3 is 0 Å². The normalized spacial score (nSPS) is 10.5. The third-order valence-electron chi connectivity index (χ3n) is 1.86. The molecule has 5 nitrogen and oxygen atoms in total. The Bertz CT molecular complexity index is 449. The Labute approximate surface area is 74.7 Å². The minimum atomic E-state index is 0.360. The Kier molecular flexibility index (Phi) is 1.51. The van der Waals surface area contributed by atoms with E-state index in [0.29, 0.717) is 22.9 Å². The van der Waals surface area contributed by atoms with Crippen LogP contribution >= 0.6 is 0 Å². The second-order valence-electron chi connectivity index (χ2n) is 2.71. The van der Waals surface area contributed by atoms with Crippen LogP contribution in [0.4, 0.5) is 11.6 Å². The molecule has 0 spiro atoms. The van der Waals surface area contributed by atoms with E-state index < -0.39 is 0 Å². The van der Waals surface area contributed by atoms with Crippen LogP contribution in [0.15, 0.2) is 12.1 Å². The number of anilines is 2. The Morgan fingerprint density at radius 3 is 2.85 bits per heavy atom. The molecule has 0 aliphatic rings. The number of nitrogens with zero attached hydrogens (tertiary/aromatic N) is 1. The van der Waals surface area contributed by atoms with E-state index in [1.54, 1.807) is 13.2 Å². The first-order valence-corrected chi connectivity index (χ1v) is 3.80. The summed E-state index contributed by atoms with van der Waals surface area (Å²) >= 11 is 0. The van der Waals surface area contributed by atoms with E-state index >= 15 is 0 Å². The van der Waals surface area contributed by atoms with Gasteiger partial charge < -0.3 is 21.2 Å². The molecule has 13 heavy (non-hydrogen) atoms. The minimum Gasteiger partial charge on any atom is -0.492 e. The summed E-state index contributed by atoms with van der Waals surface area (Å²) < 4.78 is 5.11. The van der Waals surface area contributed by atoms with Gasteiger partial charge in [-0.2, -0.15) is 0 Å². The molecule has 0 aliphatic heterocycles. The minimum absolute atomic E-state index is 0.360. The van der Waals surface area contributed by atoms with Crippen molar-refractivity contribution >= 4 is 22.7 Å². The molecule has 1 aromatic carbocycles. The maximum atomic E-state index is 5.69. The maximum Gasteiger partial charge on any atom is 0.198 e. The lowest BCUT2D eigenvalue weighted by Gasteiger charge is -2.03. The van der Waals surface area contributed by atoms with Crippen LogP contribution in [0.25, 0.3) is 11.0 Å². The summed E-state index contributed by atoms with van der Waals surface area (Å²) in [6.07, 6.45) is 0. The number of nitrogens with one attached hydrogen (secondary N) is 1. The Hall–Kier alpha value is -1.91. The van der Waals surface area contributed by atoms with E-state index in [-0.39, 0.29) is 0 Å². The second-order valence-corrected chi connectivity index (χ2v) is 2.71. The zero-order valence-electron chi connectivity index (χ0n) is 7.16. The molecule has 0 saturated heterocycles. The Morgan fingerprint density at radius 1 is 1.38 bits per heavy atom. The summed E-state index contributed by atoms with van der Waals surface area (Å²) in [5.74, 6) is 0.921. The maximum absolute atomic E-state index is 5.69. The molecular formula is C8H10N4O. The number of nitrogens with two attached hydrogens (primary N) is 2. The molecule has 5 heteroatoms. The Morgan fingerprint density at radius 2 is 2.15 bits per heavy atom. The fraction of sp³-hybridized carbons (Fsp3) is 0.125. The summed E-state index contributed by atoms with van der Waals surface area (Å²) in [4.78, 5) is 6.95. The quantitative estimate of drug-likeness (QED) is 0.561. The molecule has 0 saturated carbocycles. The van der Waals surface area contributed by atoms with Gasteiger partial charge in [-0.05, 0) is 12.1 Å². The monoisotopic (exact) mass is 178 g/mol. The lowest BCUT2D eigenvalue weighted by molar-refractivity contribution is 0.421. The lowest BCUT2D eigenvalue weighted by atomic mass is 10.2. The van der Waals surface area contributed by atoms with Crippen LogP contribution in [-0.4, -0.2) is 17.1 Å². The number of rotatable bonds is 1. The molecule has 2 rings (SSSR count). The molecule has 5 N–H and O–H groups in total. The number of hydrogen-bond acceptors (Lipinski definition) is 4. The van der Waals surface area contributed by atoms with Crippen molar-refractivity contribution in [2.24, 2.45) is 0 Å². The van der Waals surface area contributed by atoms with Crippen LogP contribution in [0.3, 0.4) is 0 Å². The van der Waals surface area contributed by atoms with E-state index in [4.69, 9.17) is 16.2 Å². The molecule has 0 radical (unpaired) electrons. The van der Waals surface area contributed by atoms with E-state index in [0.717, 1.165) is 5.52 Å². The molecule has 0 unspecified atom stereocenters. The molecule has 1 aromatic heterocycles. The number of aromatic nitrogens is 2. The van der Waals surface area contributed by atoms with Gasteiger partial charge in [-0.3, -0.25) is 0 Å². The van der Waals surface area contributed by atoms with Crippen molar-refractivity contribution in [3.05, 3.63) is 12.1 Å². The standard InChI is InChI=1S/C8H10N4O/c1-13-7-4(9)2-3-5-6(7)12-8(10)11-5/h2-3H,9H2,1H3,(H3,10,11,12). The number of methoxy groups -OCH3 is 1. The highest BCUT2D eigenvalue weighted by Crippen LogP contribution is 2.30. The number of hydrogen-bond donors (Lipinski definition) is 3. The summed E-state index contributed by atoms with van der Waals surface area (Å²) in [5.41, 5.74) is 13.2. The van der Waals surface area contributed by atoms with E-state index in [1.807, 2.05) is 6.07 Å². The number of nitrogen functional groups attached to an aromatic ring is 2. The van der Waals surface area contributed by atoms with Gasteiger partial charge in [0.1, 0.15) is 5.52 Å². The highest BCUT2D eigenvalue weighted by molar-refractivity contribution is 5.88. The zero-order valence-corrected chi connectivity index (χ0v) is 7.16. The summed E-state index contributed by atoms with van der Waals surface area (Å²) in [6.45, 7) is 0. The van der Waals surface area contributed by atoms with E-state index in [2.05, 4.69) is 9.97 Å². The second kappa shape index (κ2) is 2.55. The third kappa shape index (κ3) is 1.05. The molecule has 2 aromatic rings. The van der Waals surface area contributed by atoms with Crippen LogP contribution in [-0.2, 0) is 0 Å². The van der Waals surface area contributed by atoms with Gasteiger partial charge in [0.2, 0.25) is 0 Å². The number of benzene rings is 1. The predicted octanol–water partition coefficient (Wildman–Crippen LogP) is 0.736. The van der Waals surface area contributed by atoms with Crippen molar-refractivity contribution in [3.63, 3.8) is 0 Å². The van der Waals surface area contributed by atoms with Crippen LogP contribution < -0.4 is 16.2 Å². The van der Waals surface area contributed by atoms with Crippen molar-refractivity contribution in [1.29, 1.82) is 0 Å². The van der Waals surface area contributed by atoms with Gasteiger partial charge in [0.15, 0.2) is 11.7 Å². The third-order valence-corrected chi connectivity index (χ3v) is 1.86. The van der Waals surface area contributed by atoms with Gasteiger partial charge in [-0.25, -0.2) is 4.98 Å². The van der Waals surface area contributed by atoms with Crippen LogP contribution in [0.1, 0.15) is 0 Å². The molecule has 0 aliphatic carbocycles. The number of ether oxygens (including phenoxy) is 1. The summed E-state index contributed by atoms with van der Waals surface area (Å²) in [7, 11) is 1.55. The first-order chi connectivity index (χ1) is 6.22. The van der Waals surface area contributed by atoms with Crippen LogP contribution in [0, 0.1) is 0 Å². The average molecular weight is 178 g/mol. The Balaban J connectivity index is 2.82. The molecule has 68 valence electrons. The van der Waals surface area contributed by atoms with Crippen molar-refractivity contribution in [1.82, 2.24) is 9.97 Å². The molecule has 0 amide bonds. The van der Waals surface area contributed by atoms with Crippen LogP contribution in [0.2, 0.25) is 0 Å². The van der Waals surface area contributed by atoms with Crippen molar-refractivity contribution < 1.29 is 4.74 Å². The summed E-state index contributed by atoms with van der Waals surface area (Å²) in [5, 5.41) is 0. The highest BCUT2D eigenvalue weighted by Gasteiger charge is 2.08. The van der Waals surface area contributed by atoms with Crippen molar-refractivity contribution in [2.45, 2.75) is 0 Å². The van der Waals surface area contributed by atoms with E-state index in [9.17, 15) is 0 Å². The molecule has 0 bridgehead atoms. The van der Waals surface area contributed by atoms with Gasteiger partial charge in [0.25, 0.3) is 0 Å². The lowest BCUT2D eigenvalue weighted by Crippen LogP contribution is -1.92. The van der Waals surface area contributed by atoms with Crippen molar-refractivity contribution in [2.75, 3.05) is 18.6 Å². The first kappa shape index (κ1) is 7.72. The first-order valence-electron chi connectivity index (χ1n) is 3.80. The fourth-order valence-corrected chi connectivity index (χ4v) is 1.30. The van der Waals surface area contributed by atoms with Crippen molar-refractivity contribution in [3.8, 4) is 5.75 Å². The number of fused-ring (bicyclic) bond motifs is 1.